The van der Waals surface area contributed by atoms with Crippen LogP contribution in [0.15, 0.2) is 78.1 Å². The lowest BCUT2D eigenvalue weighted by molar-refractivity contribution is 0.0464. The average Bonchev–Trinajstić information content (AvgIpc) is 3.19. The van der Waals surface area contributed by atoms with E-state index >= 15 is 0 Å². The highest BCUT2D eigenvalue weighted by atomic mass is 32.2. The van der Waals surface area contributed by atoms with E-state index in [-0.39, 0.29) is 6.61 Å². The maximum absolute atomic E-state index is 12.6. The molecule has 0 bridgehead atoms. The van der Waals surface area contributed by atoms with E-state index in [4.69, 9.17) is 10.00 Å². The van der Waals surface area contributed by atoms with Crippen molar-refractivity contribution in [3.05, 3.63) is 95.6 Å². The first-order chi connectivity index (χ1) is 14.2. The lowest BCUT2D eigenvalue weighted by Crippen LogP contribution is -2.07. The molecular weight excluding hydrogens is 384 g/mol. The van der Waals surface area contributed by atoms with Gasteiger partial charge in [0.15, 0.2) is 0 Å². The van der Waals surface area contributed by atoms with Crippen LogP contribution in [0.2, 0.25) is 0 Å². The molecule has 0 saturated heterocycles. The first-order valence-corrected chi connectivity index (χ1v) is 9.88. The number of carbonyl (C=O) groups excluding carboxylic acids is 1. The number of carbonyl (C=O) groups is 1. The van der Waals surface area contributed by atoms with Gasteiger partial charge in [0, 0.05) is 29.2 Å². The molecule has 0 unspecified atom stereocenters. The second-order valence-corrected chi connectivity index (χ2v) is 7.25. The zero-order valence-electron chi connectivity index (χ0n) is 15.4. The number of imidazole rings is 1. The molecule has 142 valence electrons. The van der Waals surface area contributed by atoms with Crippen LogP contribution >= 0.6 is 11.8 Å². The summed E-state index contributed by atoms with van der Waals surface area (Å²) in [5.41, 5.74) is 2.87. The molecule has 0 aliphatic rings. The molecule has 7 heteroatoms. The number of benzene rings is 2. The fourth-order valence-corrected chi connectivity index (χ4v) is 3.76. The summed E-state index contributed by atoms with van der Waals surface area (Å²) in [6.45, 7) is 0.0802. The minimum Gasteiger partial charge on any atom is -0.455 e. The predicted molar refractivity (Wildman–Crippen MR) is 109 cm³/mol. The fraction of sp³-hybridized carbons (Fsp3) is 0.0909. The van der Waals surface area contributed by atoms with Crippen molar-refractivity contribution in [3.63, 3.8) is 0 Å². The van der Waals surface area contributed by atoms with Gasteiger partial charge in [0.2, 0.25) is 5.78 Å². The van der Waals surface area contributed by atoms with Crippen LogP contribution < -0.4 is 0 Å². The number of fused-ring (bicyclic) bond motifs is 1. The normalized spacial score (nSPS) is 10.6. The number of esters is 1. The van der Waals surface area contributed by atoms with Crippen LogP contribution in [0, 0.1) is 11.3 Å². The molecule has 6 nitrogen and oxygen atoms in total. The molecule has 2 aromatic carbocycles. The Hall–Kier alpha value is -3.63. The van der Waals surface area contributed by atoms with Gasteiger partial charge in [-0.05, 0) is 35.9 Å². The summed E-state index contributed by atoms with van der Waals surface area (Å²) in [4.78, 5) is 22.0. The van der Waals surface area contributed by atoms with Crippen LogP contribution in [-0.2, 0) is 17.1 Å². The Labute approximate surface area is 171 Å². The Kier molecular flexibility index (Phi) is 5.54. The van der Waals surface area contributed by atoms with Gasteiger partial charge in [0.05, 0.1) is 22.9 Å². The summed E-state index contributed by atoms with van der Waals surface area (Å²) in [7, 11) is 0. The van der Waals surface area contributed by atoms with Gasteiger partial charge >= 0.3 is 5.97 Å². The fourth-order valence-electron chi connectivity index (χ4n) is 2.76. The first kappa shape index (κ1) is 18.7. The third kappa shape index (κ3) is 4.45. The smallest absolute Gasteiger partial charge is 0.339 e. The van der Waals surface area contributed by atoms with Gasteiger partial charge in [0.25, 0.3) is 0 Å². The van der Waals surface area contributed by atoms with E-state index in [9.17, 15) is 4.79 Å². The van der Waals surface area contributed by atoms with Crippen molar-refractivity contribution >= 4 is 23.5 Å². The zero-order chi connectivity index (χ0) is 20.1. The maximum Gasteiger partial charge on any atom is 0.339 e. The first-order valence-electron chi connectivity index (χ1n) is 8.89. The number of rotatable bonds is 6. The van der Waals surface area contributed by atoms with Gasteiger partial charge in [-0.3, -0.25) is 4.40 Å². The Morgan fingerprint density at radius 2 is 1.97 bits per heavy atom. The highest BCUT2D eigenvalue weighted by molar-refractivity contribution is 7.98. The molecule has 2 heterocycles. The van der Waals surface area contributed by atoms with Crippen molar-refractivity contribution in [2.75, 3.05) is 0 Å². The number of hydrogen-bond donors (Lipinski definition) is 0. The van der Waals surface area contributed by atoms with Crippen molar-refractivity contribution in [2.24, 2.45) is 0 Å². The Bertz CT molecular complexity index is 1160. The summed E-state index contributed by atoms with van der Waals surface area (Å²) in [5, 5.41) is 8.89. The molecule has 4 aromatic rings. The van der Waals surface area contributed by atoms with E-state index in [2.05, 4.69) is 16.0 Å². The molecule has 0 radical (unpaired) electrons. The number of nitriles is 1. The monoisotopic (exact) mass is 400 g/mol. The number of thioether (sulfide) groups is 1. The molecule has 0 aliphatic carbocycles. The lowest BCUT2D eigenvalue weighted by Gasteiger charge is -2.09. The van der Waals surface area contributed by atoms with E-state index in [1.54, 1.807) is 46.8 Å². The third-order valence-electron chi connectivity index (χ3n) is 4.22. The van der Waals surface area contributed by atoms with Crippen LogP contribution in [-0.4, -0.2) is 20.3 Å². The second-order valence-electron chi connectivity index (χ2n) is 6.23. The van der Waals surface area contributed by atoms with Gasteiger partial charge in [-0.2, -0.15) is 5.26 Å². The average molecular weight is 400 g/mol. The van der Waals surface area contributed by atoms with E-state index in [0.717, 1.165) is 10.5 Å². The van der Waals surface area contributed by atoms with Gasteiger partial charge in [-0.1, -0.05) is 24.3 Å². The van der Waals surface area contributed by atoms with Gasteiger partial charge in [0.1, 0.15) is 6.61 Å². The zero-order valence-corrected chi connectivity index (χ0v) is 16.2. The second kappa shape index (κ2) is 8.59. The van der Waals surface area contributed by atoms with E-state index < -0.39 is 5.97 Å². The van der Waals surface area contributed by atoms with Crippen LogP contribution in [0.4, 0.5) is 0 Å². The summed E-state index contributed by atoms with van der Waals surface area (Å²) in [6.07, 6.45) is 5.30. The number of nitrogens with zero attached hydrogens (tertiary/aromatic N) is 4. The number of aromatic nitrogens is 3. The highest BCUT2D eigenvalue weighted by Gasteiger charge is 2.14. The van der Waals surface area contributed by atoms with Gasteiger partial charge < -0.3 is 4.74 Å². The summed E-state index contributed by atoms with van der Waals surface area (Å²) in [6, 6.07) is 18.7. The van der Waals surface area contributed by atoms with Crippen molar-refractivity contribution in [2.45, 2.75) is 17.3 Å². The Morgan fingerprint density at radius 1 is 1.14 bits per heavy atom. The maximum atomic E-state index is 12.6. The van der Waals surface area contributed by atoms with E-state index in [0.29, 0.717) is 28.4 Å². The van der Waals surface area contributed by atoms with Crippen molar-refractivity contribution < 1.29 is 9.53 Å². The van der Waals surface area contributed by atoms with E-state index in [1.165, 1.54) is 0 Å². The lowest BCUT2D eigenvalue weighted by atomic mass is 10.2. The van der Waals surface area contributed by atoms with E-state index in [1.807, 2.05) is 42.6 Å². The summed E-state index contributed by atoms with van der Waals surface area (Å²) in [5.74, 6) is 0.864. The van der Waals surface area contributed by atoms with Crippen LogP contribution in [0.1, 0.15) is 27.2 Å². The highest BCUT2D eigenvalue weighted by Crippen LogP contribution is 2.27. The van der Waals surface area contributed by atoms with Crippen molar-refractivity contribution in [3.8, 4) is 6.07 Å². The number of ether oxygens (including phenoxy) is 1. The standard InChI is InChI=1S/C22H16N4O2S/c23-12-16-6-8-17(9-7-16)15-29-20-5-2-1-4-19(20)21(27)28-14-18-13-26-11-3-10-24-22(26)25-18/h1-11,13H,14-15H2. The van der Waals surface area contributed by atoms with Crippen LogP contribution in [0.3, 0.4) is 0 Å². The largest absolute Gasteiger partial charge is 0.455 e. The summed E-state index contributed by atoms with van der Waals surface area (Å²) >= 11 is 1.55. The molecule has 0 amide bonds. The predicted octanol–water partition coefficient (Wildman–Crippen LogP) is 4.25. The third-order valence-corrected chi connectivity index (χ3v) is 5.37. The Morgan fingerprint density at radius 3 is 2.76 bits per heavy atom. The number of hydrogen-bond acceptors (Lipinski definition) is 6. The molecule has 0 atom stereocenters. The van der Waals surface area contributed by atoms with Crippen molar-refractivity contribution in [1.82, 2.24) is 14.4 Å². The molecule has 2 aromatic heterocycles. The molecular formula is C22H16N4O2S. The molecule has 0 aliphatic heterocycles. The molecule has 0 saturated carbocycles. The molecule has 0 N–H and O–H groups in total. The van der Waals surface area contributed by atoms with Crippen LogP contribution in [0.25, 0.3) is 5.78 Å². The molecule has 4 rings (SSSR count). The molecule has 0 fully saturated rings. The molecule has 29 heavy (non-hydrogen) atoms. The van der Waals surface area contributed by atoms with Gasteiger partial charge in [-0.15, -0.1) is 11.8 Å². The molecule has 0 spiro atoms. The minimum atomic E-state index is -0.391. The Balaban J connectivity index is 1.42. The summed E-state index contributed by atoms with van der Waals surface area (Å²) < 4.78 is 7.26. The van der Waals surface area contributed by atoms with Crippen LogP contribution in [0.5, 0.6) is 0 Å². The SMILES string of the molecule is N#Cc1ccc(CSc2ccccc2C(=O)OCc2cn3cccnc3n2)cc1. The topological polar surface area (TPSA) is 80.3 Å². The quantitative estimate of drug-likeness (QED) is 0.356. The minimum absolute atomic E-state index is 0.0802. The van der Waals surface area contributed by atoms with Crippen molar-refractivity contribution in [1.29, 1.82) is 5.26 Å². The van der Waals surface area contributed by atoms with Gasteiger partial charge in [-0.25, -0.2) is 14.8 Å².